The molecule has 1 aromatic rings. The fourth-order valence-electron chi connectivity index (χ4n) is 3.02. The molecule has 0 aliphatic rings. The highest BCUT2D eigenvalue weighted by molar-refractivity contribution is 14.0. The van der Waals surface area contributed by atoms with Crippen molar-refractivity contribution in [2.75, 3.05) is 33.8 Å². The van der Waals surface area contributed by atoms with Gasteiger partial charge in [0.25, 0.3) is 0 Å². The van der Waals surface area contributed by atoms with Gasteiger partial charge in [0.15, 0.2) is 5.96 Å². The van der Waals surface area contributed by atoms with Gasteiger partial charge in [-0.3, -0.25) is 9.89 Å². The Balaban J connectivity index is 0.00000729. The number of ether oxygens (including phenoxy) is 1. The molecule has 0 bridgehead atoms. The standard InChI is InChI=1S/C20H39N5OS.HI/c1-9-21-20(22-11-10-12-25(15(2)3)16(4)5)24(7)13-18-14-27-19(23-18)17(6)26-8;/h14-17H,9-13H2,1-8H3,(H,21,22);1H. The first-order chi connectivity index (χ1) is 12.8. The number of hydrogen-bond acceptors (Lipinski definition) is 5. The molecule has 0 fully saturated rings. The van der Waals surface area contributed by atoms with Crippen LogP contribution in [0.1, 0.15) is 64.8 Å². The lowest BCUT2D eigenvalue weighted by atomic mass is 10.2. The van der Waals surface area contributed by atoms with Gasteiger partial charge in [-0.15, -0.1) is 35.3 Å². The zero-order valence-corrected chi connectivity index (χ0v) is 22.0. The SMILES string of the molecule is CCNC(=NCCCN(C(C)C)C(C)C)N(C)Cc1csc(C(C)OC)n1.I. The second-order valence-electron chi connectivity index (χ2n) is 7.43. The largest absolute Gasteiger partial charge is 0.375 e. The van der Waals surface area contributed by atoms with Crippen LogP contribution in [0.25, 0.3) is 0 Å². The first-order valence-corrected chi connectivity index (χ1v) is 10.9. The van der Waals surface area contributed by atoms with Crippen LogP contribution in [0, 0.1) is 0 Å². The minimum absolute atomic E-state index is 0. The first-order valence-electron chi connectivity index (χ1n) is 10.0. The normalized spacial score (nSPS) is 13.2. The van der Waals surface area contributed by atoms with Crippen LogP contribution in [-0.2, 0) is 11.3 Å². The van der Waals surface area contributed by atoms with Crippen LogP contribution in [0.4, 0.5) is 0 Å². The predicted molar refractivity (Wildman–Crippen MR) is 132 cm³/mol. The molecule has 8 heteroatoms. The van der Waals surface area contributed by atoms with E-state index in [1.165, 1.54) is 0 Å². The van der Waals surface area contributed by atoms with Crippen molar-refractivity contribution in [3.05, 3.63) is 16.1 Å². The number of halogens is 1. The summed E-state index contributed by atoms with van der Waals surface area (Å²) in [5, 5.41) is 6.51. The molecule has 0 aromatic carbocycles. The fraction of sp³-hybridized carbons (Fsp3) is 0.800. The molecule has 0 amide bonds. The molecule has 1 heterocycles. The fourth-order valence-corrected chi connectivity index (χ4v) is 3.86. The lowest BCUT2D eigenvalue weighted by Gasteiger charge is -2.30. The van der Waals surface area contributed by atoms with Crippen molar-refractivity contribution >= 4 is 41.3 Å². The number of rotatable bonds is 11. The Hall–Kier alpha value is -0.450. The van der Waals surface area contributed by atoms with Crippen molar-refractivity contribution in [3.8, 4) is 0 Å². The zero-order chi connectivity index (χ0) is 20.4. The van der Waals surface area contributed by atoms with Gasteiger partial charge in [0.2, 0.25) is 0 Å². The van der Waals surface area contributed by atoms with Crippen LogP contribution in [0.3, 0.4) is 0 Å². The zero-order valence-electron chi connectivity index (χ0n) is 18.9. The summed E-state index contributed by atoms with van der Waals surface area (Å²) in [6, 6.07) is 1.14. The predicted octanol–water partition coefficient (Wildman–Crippen LogP) is 4.37. The molecule has 28 heavy (non-hydrogen) atoms. The summed E-state index contributed by atoms with van der Waals surface area (Å²) in [4.78, 5) is 14.2. The highest BCUT2D eigenvalue weighted by atomic mass is 127. The van der Waals surface area contributed by atoms with Gasteiger partial charge in [-0.05, 0) is 48.0 Å². The maximum absolute atomic E-state index is 5.35. The molecule has 164 valence electrons. The van der Waals surface area contributed by atoms with E-state index in [0.29, 0.717) is 12.1 Å². The molecule has 0 aliphatic carbocycles. The Morgan fingerprint density at radius 3 is 2.43 bits per heavy atom. The number of aromatic nitrogens is 1. The van der Waals surface area contributed by atoms with Crippen molar-refractivity contribution in [3.63, 3.8) is 0 Å². The van der Waals surface area contributed by atoms with Gasteiger partial charge in [-0.1, -0.05) is 0 Å². The molecule has 0 saturated carbocycles. The first kappa shape index (κ1) is 27.5. The Morgan fingerprint density at radius 1 is 1.25 bits per heavy atom. The Morgan fingerprint density at radius 2 is 1.89 bits per heavy atom. The van der Waals surface area contributed by atoms with E-state index in [9.17, 15) is 0 Å². The highest BCUT2D eigenvalue weighted by Gasteiger charge is 2.14. The quantitative estimate of drug-likeness (QED) is 0.201. The maximum Gasteiger partial charge on any atom is 0.194 e. The lowest BCUT2D eigenvalue weighted by Crippen LogP contribution is -2.39. The number of nitrogens with zero attached hydrogens (tertiary/aromatic N) is 4. The van der Waals surface area contributed by atoms with Crippen LogP contribution in [-0.4, -0.2) is 66.6 Å². The third-order valence-electron chi connectivity index (χ3n) is 4.53. The van der Waals surface area contributed by atoms with Gasteiger partial charge in [0, 0.05) is 51.3 Å². The minimum Gasteiger partial charge on any atom is -0.375 e. The van der Waals surface area contributed by atoms with Gasteiger partial charge in [0.05, 0.1) is 12.2 Å². The number of guanidine groups is 1. The van der Waals surface area contributed by atoms with Gasteiger partial charge in [-0.2, -0.15) is 0 Å². The maximum atomic E-state index is 5.35. The van der Waals surface area contributed by atoms with Crippen LogP contribution >= 0.6 is 35.3 Å². The molecule has 0 saturated heterocycles. The molecule has 1 N–H and O–H groups in total. The van der Waals surface area contributed by atoms with E-state index >= 15 is 0 Å². The Labute approximate surface area is 193 Å². The van der Waals surface area contributed by atoms with Crippen LogP contribution < -0.4 is 5.32 Å². The van der Waals surface area contributed by atoms with E-state index in [0.717, 1.165) is 49.3 Å². The van der Waals surface area contributed by atoms with E-state index in [1.54, 1.807) is 18.4 Å². The Kier molecular flexibility index (Phi) is 14.3. The third-order valence-corrected chi connectivity index (χ3v) is 5.58. The van der Waals surface area contributed by atoms with E-state index in [1.807, 2.05) is 6.92 Å². The summed E-state index contributed by atoms with van der Waals surface area (Å²) in [7, 11) is 3.78. The van der Waals surface area contributed by atoms with E-state index in [-0.39, 0.29) is 30.1 Å². The molecule has 0 aliphatic heterocycles. The number of hydrogen-bond donors (Lipinski definition) is 1. The molecule has 0 spiro atoms. The summed E-state index contributed by atoms with van der Waals surface area (Å²) in [6.07, 6.45) is 1.10. The molecule has 1 aromatic heterocycles. The summed E-state index contributed by atoms with van der Waals surface area (Å²) < 4.78 is 5.35. The average Bonchev–Trinajstić information content (AvgIpc) is 3.07. The molecular formula is C20H40IN5OS. The van der Waals surface area contributed by atoms with Crippen molar-refractivity contribution in [1.82, 2.24) is 20.1 Å². The molecule has 0 radical (unpaired) electrons. The van der Waals surface area contributed by atoms with Crippen molar-refractivity contribution in [1.29, 1.82) is 0 Å². The molecule has 1 rings (SSSR count). The van der Waals surface area contributed by atoms with Gasteiger partial charge < -0.3 is 15.0 Å². The summed E-state index contributed by atoms with van der Waals surface area (Å²) in [6.45, 7) is 16.7. The topological polar surface area (TPSA) is 53.0 Å². The van der Waals surface area contributed by atoms with E-state index < -0.39 is 0 Å². The molecule has 6 nitrogen and oxygen atoms in total. The monoisotopic (exact) mass is 525 g/mol. The lowest BCUT2D eigenvalue weighted by molar-refractivity contribution is 0.119. The summed E-state index contributed by atoms with van der Waals surface area (Å²) in [5.41, 5.74) is 1.05. The summed E-state index contributed by atoms with van der Waals surface area (Å²) >= 11 is 1.65. The molecule has 1 atom stereocenters. The number of thiazole rings is 1. The Bertz CT molecular complexity index is 557. The van der Waals surface area contributed by atoms with Crippen molar-refractivity contribution < 1.29 is 4.74 Å². The number of methoxy groups -OCH3 is 1. The smallest absolute Gasteiger partial charge is 0.194 e. The minimum atomic E-state index is 0. The van der Waals surface area contributed by atoms with Crippen molar-refractivity contribution in [2.45, 2.75) is 72.7 Å². The van der Waals surface area contributed by atoms with Crippen LogP contribution in [0.15, 0.2) is 10.4 Å². The number of aliphatic imine (C=N–C) groups is 1. The molecular weight excluding hydrogens is 485 g/mol. The van der Waals surface area contributed by atoms with Gasteiger partial charge in [0.1, 0.15) is 11.1 Å². The highest BCUT2D eigenvalue weighted by Crippen LogP contribution is 2.20. The van der Waals surface area contributed by atoms with E-state index in [2.05, 4.69) is 67.1 Å². The average molecular weight is 526 g/mol. The second kappa shape index (κ2) is 14.5. The summed E-state index contributed by atoms with van der Waals surface area (Å²) in [5.74, 6) is 0.937. The second-order valence-corrected chi connectivity index (χ2v) is 8.32. The molecule has 1 unspecified atom stereocenters. The number of nitrogens with one attached hydrogen (secondary N) is 1. The van der Waals surface area contributed by atoms with Crippen LogP contribution in [0.5, 0.6) is 0 Å². The van der Waals surface area contributed by atoms with Gasteiger partial charge in [-0.25, -0.2) is 4.98 Å². The van der Waals surface area contributed by atoms with E-state index in [4.69, 9.17) is 9.73 Å². The van der Waals surface area contributed by atoms with Gasteiger partial charge >= 0.3 is 0 Å². The van der Waals surface area contributed by atoms with Crippen LogP contribution in [0.2, 0.25) is 0 Å². The van der Waals surface area contributed by atoms with Crippen molar-refractivity contribution in [2.24, 2.45) is 4.99 Å². The third kappa shape index (κ3) is 9.37.